The van der Waals surface area contributed by atoms with Crippen LogP contribution in [0.15, 0.2) is 24.3 Å². The maximum Gasteiger partial charge on any atom is 0.119 e. The van der Waals surface area contributed by atoms with Crippen LogP contribution in [0.4, 0.5) is 0 Å². The Morgan fingerprint density at radius 3 is 2.10 bits per heavy atom. The molecule has 1 rings (SSSR count). The molecule has 21 heavy (non-hydrogen) atoms. The van der Waals surface area contributed by atoms with Gasteiger partial charge in [-0.25, -0.2) is 0 Å². The molecule has 0 unspecified atom stereocenters. The largest absolute Gasteiger partial charge is 0.493 e. The van der Waals surface area contributed by atoms with Crippen LogP contribution in [0.2, 0.25) is 0 Å². The number of rotatable bonds is 9. The first-order chi connectivity index (χ1) is 9.80. The zero-order valence-corrected chi connectivity index (χ0v) is 14.6. The SMILES string of the molecule is CC(C)CCOC(C)(C)CCOc1ccc(C(C)C)cc1. The molecule has 0 saturated heterocycles. The maximum absolute atomic E-state index is 5.95. The van der Waals surface area contributed by atoms with Crippen LogP contribution in [0.1, 0.15) is 65.9 Å². The first kappa shape index (κ1) is 18.0. The molecule has 0 atom stereocenters. The molecule has 0 aliphatic carbocycles. The lowest BCUT2D eigenvalue weighted by molar-refractivity contribution is -0.0346. The first-order valence-corrected chi connectivity index (χ1v) is 8.17. The van der Waals surface area contributed by atoms with E-state index in [1.807, 2.05) is 0 Å². The van der Waals surface area contributed by atoms with Crippen molar-refractivity contribution >= 4 is 0 Å². The van der Waals surface area contributed by atoms with Crippen molar-refractivity contribution in [3.05, 3.63) is 29.8 Å². The monoisotopic (exact) mass is 292 g/mol. The summed E-state index contributed by atoms with van der Waals surface area (Å²) in [6.45, 7) is 14.6. The highest BCUT2D eigenvalue weighted by Gasteiger charge is 2.18. The molecule has 0 spiro atoms. The summed E-state index contributed by atoms with van der Waals surface area (Å²) in [6.07, 6.45) is 2.01. The van der Waals surface area contributed by atoms with Crippen molar-refractivity contribution in [2.24, 2.45) is 5.92 Å². The van der Waals surface area contributed by atoms with Gasteiger partial charge in [-0.15, -0.1) is 0 Å². The molecule has 0 fully saturated rings. The summed E-state index contributed by atoms with van der Waals surface area (Å²) in [7, 11) is 0. The Bertz CT molecular complexity index is 391. The zero-order chi connectivity index (χ0) is 15.9. The van der Waals surface area contributed by atoms with E-state index in [0.717, 1.165) is 25.2 Å². The van der Waals surface area contributed by atoms with Gasteiger partial charge in [0.15, 0.2) is 0 Å². The lowest BCUT2D eigenvalue weighted by Gasteiger charge is -2.26. The van der Waals surface area contributed by atoms with E-state index < -0.39 is 0 Å². The van der Waals surface area contributed by atoms with E-state index in [-0.39, 0.29) is 5.60 Å². The normalized spacial score (nSPS) is 12.2. The molecule has 0 amide bonds. The average molecular weight is 292 g/mol. The summed E-state index contributed by atoms with van der Waals surface area (Å²) < 4.78 is 11.8. The van der Waals surface area contributed by atoms with Crippen molar-refractivity contribution in [2.45, 2.75) is 65.9 Å². The van der Waals surface area contributed by atoms with Gasteiger partial charge in [-0.05, 0) is 49.8 Å². The third kappa shape index (κ3) is 7.52. The van der Waals surface area contributed by atoms with Gasteiger partial charge < -0.3 is 9.47 Å². The highest BCUT2D eigenvalue weighted by atomic mass is 16.5. The molecule has 0 aliphatic rings. The Labute approximate surface area is 130 Å². The predicted octanol–water partition coefficient (Wildman–Crippen LogP) is 5.42. The van der Waals surface area contributed by atoms with Crippen molar-refractivity contribution in [3.8, 4) is 5.75 Å². The lowest BCUT2D eigenvalue weighted by Crippen LogP contribution is -2.27. The van der Waals surface area contributed by atoms with E-state index in [9.17, 15) is 0 Å². The fourth-order valence-corrected chi connectivity index (χ4v) is 2.01. The van der Waals surface area contributed by atoms with E-state index in [1.165, 1.54) is 5.56 Å². The van der Waals surface area contributed by atoms with Gasteiger partial charge in [0, 0.05) is 13.0 Å². The summed E-state index contributed by atoms with van der Waals surface area (Å²) in [5, 5.41) is 0. The van der Waals surface area contributed by atoms with Gasteiger partial charge in [0.05, 0.1) is 12.2 Å². The minimum absolute atomic E-state index is 0.118. The molecular formula is C19H32O2. The molecule has 120 valence electrons. The van der Waals surface area contributed by atoms with Crippen LogP contribution in [0.5, 0.6) is 5.75 Å². The van der Waals surface area contributed by atoms with Crippen LogP contribution in [0.25, 0.3) is 0 Å². The average Bonchev–Trinajstić information content (AvgIpc) is 2.38. The molecule has 0 aliphatic heterocycles. The van der Waals surface area contributed by atoms with Gasteiger partial charge in [0.2, 0.25) is 0 Å². The van der Waals surface area contributed by atoms with Crippen LogP contribution in [0, 0.1) is 5.92 Å². The molecule has 0 heterocycles. The highest BCUT2D eigenvalue weighted by molar-refractivity contribution is 5.28. The summed E-state index contributed by atoms with van der Waals surface area (Å²) in [6, 6.07) is 8.40. The van der Waals surface area contributed by atoms with Crippen molar-refractivity contribution in [1.82, 2.24) is 0 Å². The van der Waals surface area contributed by atoms with Crippen LogP contribution >= 0.6 is 0 Å². The third-order valence-corrected chi connectivity index (χ3v) is 3.71. The van der Waals surface area contributed by atoms with Gasteiger partial charge in [-0.3, -0.25) is 0 Å². The fourth-order valence-electron chi connectivity index (χ4n) is 2.01. The van der Waals surface area contributed by atoms with Crippen LogP contribution in [0.3, 0.4) is 0 Å². The Balaban J connectivity index is 2.31. The smallest absolute Gasteiger partial charge is 0.119 e. The third-order valence-electron chi connectivity index (χ3n) is 3.71. The second-order valence-corrected chi connectivity index (χ2v) is 7.11. The van der Waals surface area contributed by atoms with E-state index in [2.05, 4.69) is 65.8 Å². The molecular weight excluding hydrogens is 260 g/mol. The molecule has 0 N–H and O–H groups in total. The number of benzene rings is 1. The van der Waals surface area contributed by atoms with Crippen LogP contribution in [-0.4, -0.2) is 18.8 Å². The summed E-state index contributed by atoms with van der Waals surface area (Å²) >= 11 is 0. The summed E-state index contributed by atoms with van der Waals surface area (Å²) in [5.74, 6) is 2.20. The van der Waals surface area contributed by atoms with Crippen LogP contribution in [-0.2, 0) is 4.74 Å². The van der Waals surface area contributed by atoms with Gasteiger partial charge in [-0.2, -0.15) is 0 Å². The molecule has 0 aromatic heterocycles. The standard InChI is InChI=1S/C19H32O2/c1-15(2)11-13-21-19(5,6)12-14-20-18-9-7-17(8-10-18)16(3)4/h7-10,15-16H,11-14H2,1-6H3. The molecule has 1 aromatic carbocycles. The van der Waals surface area contributed by atoms with Crippen molar-refractivity contribution < 1.29 is 9.47 Å². The Morgan fingerprint density at radius 2 is 1.57 bits per heavy atom. The fraction of sp³-hybridized carbons (Fsp3) is 0.684. The Hall–Kier alpha value is -1.02. The molecule has 2 heteroatoms. The van der Waals surface area contributed by atoms with Gasteiger partial charge in [0.1, 0.15) is 5.75 Å². The number of hydrogen-bond donors (Lipinski definition) is 0. The van der Waals surface area contributed by atoms with Crippen molar-refractivity contribution in [1.29, 1.82) is 0 Å². The summed E-state index contributed by atoms with van der Waals surface area (Å²) in [5.41, 5.74) is 1.23. The Morgan fingerprint density at radius 1 is 0.952 bits per heavy atom. The quantitative estimate of drug-likeness (QED) is 0.605. The first-order valence-electron chi connectivity index (χ1n) is 8.17. The molecule has 0 radical (unpaired) electrons. The Kier molecular flexibility index (Phi) is 7.24. The van der Waals surface area contributed by atoms with E-state index in [0.29, 0.717) is 18.4 Å². The van der Waals surface area contributed by atoms with Crippen LogP contribution < -0.4 is 4.74 Å². The summed E-state index contributed by atoms with van der Waals surface area (Å²) in [4.78, 5) is 0. The van der Waals surface area contributed by atoms with Crippen molar-refractivity contribution in [2.75, 3.05) is 13.2 Å². The van der Waals surface area contributed by atoms with E-state index in [4.69, 9.17) is 9.47 Å². The minimum Gasteiger partial charge on any atom is -0.493 e. The molecule has 0 saturated carbocycles. The zero-order valence-electron chi connectivity index (χ0n) is 14.6. The second kappa shape index (κ2) is 8.43. The van der Waals surface area contributed by atoms with Gasteiger partial charge >= 0.3 is 0 Å². The maximum atomic E-state index is 5.95. The highest BCUT2D eigenvalue weighted by Crippen LogP contribution is 2.20. The topological polar surface area (TPSA) is 18.5 Å². The predicted molar refractivity (Wildman–Crippen MR) is 90.1 cm³/mol. The van der Waals surface area contributed by atoms with Crippen molar-refractivity contribution in [3.63, 3.8) is 0 Å². The molecule has 2 nitrogen and oxygen atoms in total. The number of hydrogen-bond acceptors (Lipinski definition) is 2. The lowest BCUT2D eigenvalue weighted by atomic mass is 10.0. The van der Waals surface area contributed by atoms with E-state index in [1.54, 1.807) is 0 Å². The van der Waals surface area contributed by atoms with E-state index >= 15 is 0 Å². The number of ether oxygens (including phenoxy) is 2. The molecule has 1 aromatic rings. The van der Waals surface area contributed by atoms with Gasteiger partial charge in [-0.1, -0.05) is 39.8 Å². The minimum atomic E-state index is -0.118. The van der Waals surface area contributed by atoms with Gasteiger partial charge in [0.25, 0.3) is 0 Å². The second-order valence-electron chi connectivity index (χ2n) is 7.11. The molecule has 0 bridgehead atoms.